The molecule has 0 bridgehead atoms. The van der Waals surface area contributed by atoms with E-state index in [1.54, 1.807) is 0 Å². The minimum Gasteiger partial charge on any atom is -0.348 e. The van der Waals surface area contributed by atoms with Crippen LogP contribution in [0.25, 0.3) is 0 Å². The first kappa shape index (κ1) is 12.4. The highest BCUT2D eigenvalue weighted by atomic mass is 16.7. The summed E-state index contributed by atoms with van der Waals surface area (Å²) in [5.74, 6) is -0.112. The molecule has 4 rings (SSSR count). The summed E-state index contributed by atoms with van der Waals surface area (Å²) >= 11 is 0. The first-order valence-corrected chi connectivity index (χ1v) is 7.45. The monoisotopic (exact) mass is 273 g/mol. The fourth-order valence-corrected chi connectivity index (χ4v) is 3.76. The van der Waals surface area contributed by atoms with E-state index in [1.165, 1.54) is 0 Å². The molecule has 1 aromatic carbocycles. The SMILES string of the molecule is O=C1Cc2ccccc2N1C1CCC2(CC1)OCCO2. The van der Waals surface area contributed by atoms with Crippen molar-refractivity contribution in [2.24, 2.45) is 0 Å². The largest absolute Gasteiger partial charge is 0.348 e. The van der Waals surface area contributed by atoms with Gasteiger partial charge in [-0.1, -0.05) is 18.2 Å². The van der Waals surface area contributed by atoms with Gasteiger partial charge in [0, 0.05) is 24.6 Å². The van der Waals surface area contributed by atoms with Gasteiger partial charge in [0.25, 0.3) is 0 Å². The maximum atomic E-state index is 12.3. The van der Waals surface area contributed by atoms with Crippen molar-refractivity contribution < 1.29 is 14.3 Å². The molecule has 2 fully saturated rings. The maximum absolute atomic E-state index is 12.3. The Hall–Kier alpha value is -1.39. The summed E-state index contributed by atoms with van der Waals surface area (Å²) in [7, 11) is 0. The Morgan fingerprint density at radius 3 is 2.55 bits per heavy atom. The molecule has 1 amide bonds. The van der Waals surface area contributed by atoms with Crippen LogP contribution >= 0.6 is 0 Å². The lowest BCUT2D eigenvalue weighted by atomic mass is 9.89. The number of nitrogens with zero attached hydrogens (tertiary/aromatic N) is 1. The van der Waals surface area contributed by atoms with Crippen molar-refractivity contribution in [2.45, 2.75) is 43.9 Å². The molecule has 0 atom stereocenters. The van der Waals surface area contributed by atoms with Gasteiger partial charge < -0.3 is 14.4 Å². The van der Waals surface area contributed by atoms with Gasteiger partial charge in [0.15, 0.2) is 5.79 Å². The normalized spacial score (nSPS) is 25.4. The lowest BCUT2D eigenvalue weighted by Gasteiger charge is -2.39. The summed E-state index contributed by atoms with van der Waals surface area (Å²) in [5, 5.41) is 0. The summed E-state index contributed by atoms with van der Waals surface area (Å²) in [6.45, 7) is 1.41. The van der Waals surface area contributed by atoms with Gasteiger partial charge in [0.05, 0.1) is 19.6 Å². The Morgan fingerprint density at radius 1 is 1.10 bits per heavy atom. The molecule has 2 heterocycles. The van der Waals surface area contributed by atoms with Crippen LogP contribution in [0.5, 0.6) is 0 Å². The number of hydrogen-bond acceptors (Lipinski definition) is 3. The second kappa shape index (κ2) is 4.57. The van der Waals surface area contributed by atoms with Crippen LogP contribution < -0.4 is 4.90 Å². The van der Waals surface area contributed by atoms with E-state index in [9.17, 15) is 4.79 Å². The van der Waals surface area contributed by atoms with Crippen LogP contribution in [0.2, 0.25) is 0 Å². The molecule has 4 heteroatoms. The Kier molecular flexibility index (Phi) is 2.82. The van der Waals surface area contributed by atoms with E-state index in [0.717, 1.165) is 36.9 Å². The molecule has 1 saturated carbocycles. The smallest absolute Gasteiger partial charge is 0.231 e. The van der Waals surface area contributed by atoms with E-state index in [4.69, 9.17) is 9.47 Å². The van der Waals surface area contributed by atoms with Gasteiger partial charge in [-0.25, -0.2) is 0 Å². The van der Waals surface area contributed by atoms with Gasteiger partial charge in [0.2, 0.25) is 5.91 Å². The van der Waals surface area contributed by atoms with Crippen molar-refractivity contribution in [3.63, 3.8) is 0 Å². The number of ether oxygens (including phenoxy) is 2. The summed E-state index contributed by atoms with van der Waals surface area (Å²) in [6, 6.07) is 8.43. The predicted octanol–water partition coefficient (Wildman–Crippen LogP) is 2.26. The highest BCUT2D eigenvalue weighted by Gasteiger charge is 2.43. The number of benzene rings is 1. The number of carbonyl (C=O) groups excluding carboxylic acids is 1. The van der Waals surface area contributed by atoms with E-state index in [2.05, 4.69) is 12.1 Å². The average Bonchev–Trinajstić information content (AvgIpc) is 3.04. The van der Waals surface area contributed by atoms with Crippen molar-refractivity contribution in [2.75, 3.05) is 18.1 Å². The maximum Gasteiger partial charge on any atom is 0.231 e. The van der Waals surface area contributed by atoms with E-state index in [-0.39, 0.29) is 11.7 Å². The Bertz CT molecular complexity index is 526. The van der Waals surface area contributed by atoms with Crippen molar-refractivity contribution in [3.05, 3.63) is 29.8 Å². The molecule has 1 saturated heterocycles. The van der Waals surface area contributed by atoms with Crippen LogP contribution in [0.15, 0.2) is 24.3 Å². The standard InChI is InChI=1S/C16H19NO3/c18-15-11-12-3-1-2-4-14(12)17(15)13-5-7-16(8-6-13)19-9-10-20-16/h1-4,13H,5-11H2. The van der Waals surface area contributed by atoms with Crippen LogP contribution in [-0.4, -0.2) is 30.9 Å². The Morgan fingerprint density at radius 2 is 1.80 bits per heavy atom. The number of fused-ring (bicyclic) bond motifs is 1. The minimum atomic E-state index is -0.348. The molecule has 1 aromatic rings. The zero-order valence-electron chi connectivity index (χ0n) is 11.5. The molecule has 4 nitrogen and oxygen atoms in total. The van der Waals surface area contributed by atoms with E-state index < -0.39 is 0 Å². The number of hydrogen-bond donors (Lipinski definition) is 0. The molecule has 0 N–H and O–H groups in total. The minimum absolute atomic E-state index is 0.236. The topological polar surface area (TPSA) is 38.8 Å². The number of carbonyl (C=O) groups is 1. The Labute approximate surface area is 118 Å². The molecule has 2 aliphatic heterocycles. The third kappa shape index (κ3) is 1.86. The summed E-state index contributed by atoms with van der Waals surface area (Å²) < 4.78 is 11.5. The third-order valence-corrected chi connectivity index (χ3v) is 4.76. The van der Waals surface area contributed by atoms with Crippen LogP contribution in [0.4, 0.5) is 5.69 Å². The zero-order valence-corrected chi connectivity index (χ0v) is 11.5. The molecular weight excluding hydrogens is 254 g/mol. The molecule has 0 aromatic heterocycles. The summed E-state index contributed by atoms with van der Waals surface area (Å²) in [4.78, 5) is 14.3. The zero-order chi connectivity index (χ0) is 13.6. The van der Waals surface area contributed by atoms with Crippen molar-refractivity contribution >= 4 is 11.6 Å². The van der Waals surface area contributed by atoms with Crippen molar-refractivity contribution in [3.8, 4) is 0 Å². The molecule has 0 unspecified atom stereocenters. The predicted molar refractivity (Wildman–Crippen MR) is 74.5 cm³/mol. The second-order valence-electron chi connectivity index (χ2n) is 5.91. The quantitative estimate of drug-likeness (QED) is 0.788. The van der Waals surface area contributed by atoms with E-state index >= 15 is 0 Å². The number of para-hydroxylation sites is 1. The molecule has 20 heavy (non-hydrogen) atoms. The van der Waals surface area contributed by atoms with E-state index in [0.29, 0.717) is 25.7 Å². The average molecular weight is 273 g/mol. The summed E-state index contributed by atoms with van der Waals surface area (Å²) in [5.41, 5.74) is 2.26. The first-order valence-electron chi connectivity index (χ1n) is 7.45. The van der Waals surface area contributed by atoms with E-state index in [1.807, 2.05) is 17.0 Å². The Balaban J connectivity index is 1.53. The van der Waals surface area contributed by atoms with Gasteiger partial charge in [-0.15, -0.1) is 0 Å². The van der Waals surface area contributed by atoms with Gasteiger partial charge in [-0.05, 0) is 24.5 Å². The lowest BCUT2D eigenvalue weighted by Crippen LogP contribution is -2.45. The van der Waals surface area contributed by atoms with Crippen LogP contribution in [-0.2, 0) is 20.7 Å². The molecule has 3 aliphatic rings. The fourth-order valence-electron chi connectivity index (χ4n) is 3.76. The first-order chi connectivity index (χ1) is 9.77. The summed E-state index contributed by atoms with van der Waals surface area (Å²) in [6.07, 6.45) is 4.25. The molecule has 106 valence electrons. The van der Waals surface area contributed by atoms with Gasteiger partial charge in [-0.3, -0.25) is 4.79 Å². The van der Waals surface area contributed by atoms with Gasteiger partial charge >= 0.3 is 0 Å². The third-order valence-electron chi connectivity index (χ3n) is 4.76. The lowest BCUT2D eigenvalue weighted by molar-refractivity contribution is -0.178. The number of amides is 1. The molecule has 1 spiro atoms. The van der Waals surface area contributed by atoms with Crippen LogP contribution in [0.1, 0.15) is 31.2 Å². The number of rotatable bonds is 1. The molecule has 0 radical (unpaired) electrons. The molecular formula is C16H19NO3. The fraction of sp³-hybridized carbons (Fsp3) is 0.562. The van der Waals surface area contributed by atoms with Gasteiger partial charge in [-0.2, -0.15) is 0 Å². The van der Waals surface area contributed by atoms with Crippen molar-refractivity contribution in [1.29, 1.82) is 0 Å². The van der Waals surface area contributed by atoms with Crippen LogP contribution in [0.3, 0.4) is 0 Å². The highest BCUT2D eigenvalue weighted by molar-refractivity contribution is 6.01. The highest BCUT2D eigenvalue weighted by Crippen LogP contribution is 2.40. The van der Waals surface area contributed by atoms with Crippen LogP contribution in [0, 0.1) is 0 Å². The number of anilines is 1. The van der Waals surface area contributed by atoms with Crippen molar-refractivity contribution in [1.82, 2.24) is 0 Å². The molecule has 1 aliphatic carbocycles. The van der Waals surface area contributed by atoms with Gasteiger partial charge in [0.1, 0.15) is 0 Å². The second-order valence-corrected chi connectivity index (χ2v) is 5.91.